The van der Waals surface area contributed by atoms with Crippen LogP contribution in [-0.4, -0.2) is 34.4 Å². The molecule has 146 valence electrons. The molecule has 3 aromatic rings. The van der Waals surface area contributed by atoms with E-state index in [0.29, 0.717) is 12.0 Å². The van der Waals surface area contributed by atoms with Gasteiger partial charge < -0.3 is 4.90 Å². The molecule has 1 amide bonds. The SMILES string of the molecule is CCCN(CCC)C(=O)Cc1cn(C(=O)c2ccccc2Br)c2ccccc12. The number of fused-ring (bicyclic) bond motifs is 1. The summed E-state index contributed by atoms with van der Waals surface area (Å²) >= 11 is 3.46. The maximum Gasteiger partial charge on any atom is 0.263 e. The van der Waals surface area contributed by atoms with Crippen molar-refractivity contribution in [1.82, 2.24) is 9.47 Å². The summed E-state index contributed by atoms with van der Waals surface area (Å²) < 4.78 is 2.41. The molecule has 5 heteroatoms. The Morgan fingerprint density at radius 1 is 0.964 bits per heavy atom. The van der Waals surface area contributed by atoms with Crippen LogP contribution in [0.4, 0.5) is 0 Å². The molecule has 3 rings (SSSR count). The van der Waals surface area contributed by atoms with Crippen LogP contribution in [0.1, 0.15) is 42.6 Å². The third kappa shape index (κ3) is 4.20. The largest absolute Gasteiger partial charge is 0.342 e. The molecule has 1 heterocycles. The van der Waals surface area contributed by atoms with Gasteiger partial charge in [-0.2, -0.15) is 0 Å². The third-order valence-electron chi connectivity index (χ3n) is 4.80. The number of aromatic nitrogens is 1. The quantitative estimate of drug-likeness (QED) is 0.501. The molecule has 0 unspecified atom stereocenters. The van der Waals surface area contributed by atoms with Crippen LogP contribution in [0.15, 0.2) is 59.2 Å². The average molecular weight is 441 g/mol. The molecule has 0 saturated heterocycles. The predicted octanol–water partition coefficient (Wildman–Crippen LogP) is 5.28. The van der Waals surface area contributed by atoms with E-state index in [-0.39, 0.29) is 11.8 Å². The Morgan fingerprint density at radius 3 is 2.29 bits per heavy atom. The summed E-state index contributed by atoms with van der Waals surface area (Å²) in [6, 6.07) is 15.2. The van der Waals surface area contributed by atoms with Gasteiger partial charge in [0.05, 0.1) is 17.5 Å². The Kier molecular flexibility index (Phi) is 6.68. The fourth-order valence-electron chi connectivity index (χ4n) is 3.50. The number of carbonyl (C=O) groups is 2. The summed E-state index contributed by atoms with van der Waals surface area (Å²) in [6.45, 7) is 5.69. The Morgan fingerprint density at radius 2 is 1.61 bits per heavy atom. The van der Waals surface area contributed by atoms with Gasteiger partial charge in [0.25, 0.3) is 5.91 Å². The molecule has 0 radical (unpaired) electrons. The highest BCUT2D eigenvalue weighted by molar-refractivity contribution is 9.10. The Bertz CT molecular complexity index is 987. The molecule has 0 aliphatic heterocycles. The molecule has 0 N–H and O–H groups in total. The first-order chi connectivity index (χ1) is 13.6. The molecule has 0 aliphatic rings. The summed E-state index contributed by atoms with van der Waals surface area (Å²) in [5, 5.41) is 0.948. The van der Waals surface area contributed by atoms with Crippen molar-refractivity contribution >= 4 is 38.6 Å². The van der Waals surface area contributed by atoms with Crippen molar-refractivity contribution in [3.05, 3.63) is 70.3 Å². The van der Waals surface area contributed by atoms with Crippen LogP contribution in [0.2, 0.25) is 0 Å². The Hall–Kier alpha value is -2.40. The summed E-state index contributed by atoms with van der Waals surface area (Å²) in [5.74, 6) is 0.00119. The maximum atomic E-state index is 13.2. The van der Waals surface area contributed by atoms with Crippen molar-refractivity contribution in [2.45, 2.75) is 33.1 Å². The van der Waals surface area contributed by atoms with E-state index >= 15 is 0 Å². The predicted molar refractivity (Wildman–Crippen MR) is 117 cm³/mol. The first-order valence-corrected chi connectivity index (χ1v) is 10.5. The van der Waals surface area contributed by atoms with Crippen LogP contribution in [0.5, 0.6) is 0 Å². The topological polar surface area (TPSA) is 42.3 Å². The lowest BCUT2D eigenvalue weighted by Gasteiger charge is -2.21. The number of benzene rings is 2. The molecule has 2 aromatic carbocycles. The fraction of sp³-hybridized carbons (Fsp3) is 0.304. The minimum Gasteiger partial charge on any atom is -0.342 e. The van der Waals surface area contributed by atoms with E-state index in [1.807, 2.05) is 53.6 Å². The molecular weight excluding hydrogens is 416 g/mol. The Balaban J connectivity index is 1.98. The zero-order valence-electron chi connectivity index (χ0n) is 16.3. The number of nitrogens with zero attached hydrogens (tertiary/aromatic N) is 2. The molecule has 28 heavy (non-hydrogen) atoms. The number of amides is 1. The minimum atomic E-state index is -0.110. The van der Waals surface area contributed by atoms with Gasteiger partial charge in [-0.3, -0.25) is 14.2 Å². The van der Waals surface area contributed by atoms with Crippen LogP contribution < -0.4 is 0 Å². The van der Waals surface area contributed by atoms with Crippen molar-refractivity contribution < 1.29 is 9.59 Å². The van der Waals surface area contributed by atoms with Gasteiger partial charge in [-0.1, -0.05) is 44.2 Å². The summed E-state index contributed by atoms with van der Waals surface area (Å²) in [6.07, 6.45) is 4.00. The summed E-state index contributed by atoms with van der Waals surface area (Å²) in [4.78, 5) is 27.9. The summed E-state index contributed by atoms with van der Waals surface area (Å²) in [5.41, 5.74) is 2.31. The number of halogens is 1. The highest BCUT2D eigenvalue weighted by Gasteiger charge is 2.20. The molecule has 0 atom stereocenters. The first-order valence-electron chi connectivity index (χ1n) is 9.72. The monoisotopic (exact) mass is 440 g/mol. The van der Waals surface area contributed by atoms with Crippen molar-refractivity contribution in [3.63, 3.8) is 0 Å². The van der Waals surface area contributed by atoms with E-state index in [4.69, 9.17) is 0 Å². The Labute approximate surface area is 174 Å². The van der Waals surface area contributed by atoms with Gasteiger partial charge in [-0.15, -0.1) is 0 Å². The highest BCUT2D eigenvalue weighted by atomic mass is 79.9. The van der Waals surface area contributed by atoms with Gasteiger partial charge in [-0.25, -0.2) is 0 Å². The van der Waals surface area contributed by atoms with E-state index in [9.17, 15) is 9.59 Å². The second-order valence-electron chi connectivity index (χ2n) is 6.88. The summed E-state index contributed by atoms with van der Waals surface area (Å²) in [7, 11) is 0. The second kappa shape index (κ2) is 9.20. The van der Waals surface area contributed by atoms with Crippen molar-refractivity contribution in [2.75, 3.05) is 13.1 Å². The lowest BCUT2D eigenvalue weighted by atomic mass is 10.1. The van der Waals surface area contributed by atoms with Crippen molar-refractivity contribution in [2.24, 2.45) is 0 Å². The van der Waals surface area contributed by atoms with Gasteiger partial charge >= 0.3 is 0 Å². The van der Waals surface area contributed by atoms with Crippen LogP contribution in [0.3, 0.4) is 0 Å². The zero-order valence-corrected chi connectivity index (χ0v) is 17.9. The van der Waals surface area contributed by atoms with E-state index < -0.39 is 0 Å². The van der Waals surface area contributed by atoms with Crippen LogP contribution in [0.25, 0.3) is 10.9 Å². The van der Waals surface area contributed by atoms with Crippen LogP contribution in [-0.2, 0) is 11.2 Å². The van der Waals surface area contributed by atoms with Gasteiger partial charge in [-0.05, 0) is 52.5 Å². The van der Waals surface area contributed by atoms with Gasteiger partial charge in [0.15, 0.2) is 0 Å². The molecule has 0 fully saturated rings. The average Bonchev–Trinajstić information content (AvgIpc) is 3.06. The van der Waals surface area contributed by atoms with Gasteiger partial charge in [0, 0.05) is 29.1 Å². The van der Waals surface area contributed by atoms with Gasteiger partial charge in [0.2, 0.25) is 5.91 Å². The number of carbonyl (C=O) groups excluding carboxylic acids is 2. The van der Waals surface area contributed by atoms with Crippen LogP contribution in [0, 0.1) is 0 Å². The van der Waals surface area contributed by atoms with Crippen molar-refractivity contribution in [3.8, 4) is 0 Å². The molecular formula is C23H25BrN2O2. The van der Waals surface area contributed by atoms with E-state index in [0.717, 1.165) is 46.9 Å². The lowest BCUT2D eigenvalue weighted by molar-refractivity contribution is -0.130. The normalized spacial score (nSPS) is 11.0. The molecule has 1 aromatic heterocycles. The number of hydrogen-bond donors (Lipinski definition) is 0. The molecule has 0 saturated carbocycles. The van der Waals surface area contributed by atoms with E-state index in [1.165, 1.54) is 0 Å². The number of hydrogen-bond acceptors (Lipinski definition) is 2. The second-order valence-corrected chi connectivity index (χ2v) is 7.74. The van der Waals surface area contributed by atoms with Gasteiger partial charge in [0.1, 0.15) is 0 Å². The molecule has 0 aliphatic carbocycles. The standard InChI is InChI=1S/C23H25BrN2O2/c1-3-13-25(14-4-2)22(27)15-17-16-26(21-12-8-6-9-18(17)21)23(28)19-10-5-7-11-20(19)24/h5-12,16H,3-4,13-15H2,1-2H3. The van der Waals surface area contributed by atoms with E-state index in [1.54, 1.807) is 10.6 Å². The fourth-order valence-corrected chi connectivity index (χ4v) is 3.95. The van der Waals surface area contributed by atoms with Crippen molar-refractivity contribution in [1.29, 1.82) is 0 Å². The molecule has 4 nitrogen and oxygen atoms in total. The van der Waals surface area contributed by atoms with Crippen LogP contribution >= 0.6 is 15.9 Å². The highest BCUT2D eigenvalue weighted by Crippen LogP contribution is 2.25. The zero-order chi connectivity index (χ0) is 20.1. The number of rotatable bonds is 7. The molecule has 0 bridgehead atoms. The first kappa shape index (κ1) is 20.3. The molecule has 0 spiro atoms. The third-order valence-corrected chi connectivity index (χ3v) is 5.49. The minimum absolute atomic E-state index is 0.110. The van der Waals surface area contributed by atoms with E-state index in [2.05, 4.69) is 29.8 Å². The lowest BCUT2D eigenvalue weighted by Crippen LogP contribution is -2.33. The smallest absolute Gasteiger partial charge is 0.263 e. The maximum absolute atomic E-state index is 13.2. The number of para-hydroxylation sites is 1.